The number of carbonyl (C=O) groups is 1. The molecule has 5 fully saturated rings. The lowest BCUT2D eigenvalue weighted by Crippen LogP contribution is -2.56. The molecule has 0 atom stereocenters. The Morgan fingerprint density at radius 1 is 1.11 bits per heavy atom. The van der Waals surface area contributed by atoms with E-state index in [0.29, 0.717) is 5.91 Å². The fraction of sp³-hybridized carbons (Fsp3) is 0.938. The van der Waals surface area contributed by atoms with Crippen molar-refractivity contribution in [1.82, 2.24) is 5.32 Å². The summed E-state index contributed by atoms with van der Waals surface area (Å²) in [6.45, 7) is 4.60. The number of hydrogen-bond acceptors (Lipinski definition) is 2. The molecule has 0 unspecified atom stereocenters. The molecule has 4 saturated carbocycles. The van der Waals surface area contributed by atoms with Gasteiger partial charge in [0.1, 0.15) is 0 Å². The predicted octanol–water partition coefficient (Wildman–Crippen LogP) is 2.36. The van der Waals surface area contributed by atoms with Crippen LogP contribution in [-0.2, 0) is 9.53 Å². The molecule has 1 aliphatic heterocycles. The zero-order valence-corrected chi connectivity index (χ0v) is 11.9. The maximum atomic E-state index is 12.7. The normalized spacial score (nSPS) is 45.8. The monoisotopic (exact) mass is 263 g/mol. The first-order valence-electron chi connectivity index (χ1n) is 7.93. The van der Waals surface area contributed by atoms with E-state index in [0.717, 1.165) is 37.5 Å². The van der Waals surface area contributed by atoms with Gasteiger partial charge in [0.25, 0.3) is 0 Å². The summed E-state index contributed by atoms with van der Waals surface area (Å²) in [5.74, 6) is 2.90. The number of amides is 1. The topological polar surface area (TPSA) is 38.3 Å². The molecule has 0 aromatic heterocycles. The lowest BCUT2D eigenvalue weighted by Gasteiger charge is -2.55. The fourth-order valence-corrected chi connectivity index (χ4v) is 5.42. The minimum absolute atomic E-state index is 0.00964. The van der Waals surface area contributed by atoms with Crippen molar-refractivity contribution >= 4 is 5.91 Å². The smallest absolute Gasteiger partial charge is 0.226 e. The van der Waals surface area contributed by atoms with Crippen molar-refractivity contribution in [3.05, 3.63) is 0 Å². The van der Waals surface area contributed by atoms with Crippen molar-refractivity contribution in [3.8, 4) is 0 Å². The standard InChI is InChI=1S/C16H25NO2/c1-15(9-19-10-15)8-17-14(18)16-5-11-2-12(6-16)4-13(3-11)7-16/h11-13H,2-10H2,1H3,(H,17,18). The molecular formula is C16H25NO2. The molecule has 1 amide bonds. The van der Waals surface area contributed by atoms with Gasteiger partial charge < -0.3 is 10.1 Å². The van der Waals surface area contributed by atoms with Crippen LogP contribution < -0.4 is 5.32 Å². The van der Waals surface area contributed by atoms with Crippen molar-refractivity contribution < 1.29 is 9.53 Å². The summed E-state index contributed by atoms with van der Waals surface area (Å²) in [5, 5.41) is 3.26. The Morgan fingerprint density at radius 2 is 1.63 bits per heavy atom. The number of carbonyl (C=O) groups excluding carboxylic acids is 1. The quantitative estimate of drug-likeness (QED) is 0.849. The van der Waals surface area contributed by atoms with Crippen molar-refractivity contribution in [2.45, 2.75) is 45.4 Å². The SMILES string of the molecule is CC1(CNC(=O)C23CC4CC(CC(C4)C2)C3)COC1. The summed E-state index contributed by atoms with van der Waals surface area (Å²) < 4.78 is 5.27. The van der Waals surface area contributed by atoms with Crippen LogP contribution in [0.5, 0.6) is 0 Å². The largest absolute Gasteiger partial charge is 0.380 e. The van der Waals surface area contributed by atoms with Crippen LogP contribution in [0.3, 0.4) is 0 Å². The van der Waals surface area contributed by atoms with Gasteiger partial charge in [-0.3, -0.25) is 4.79 Å². The van der Waals surface area contributed by atoms with Crippen LogP contribution >= 0.6 is 0 Å². The maximum absolute atomic E-state index is 12.7. The van der Waals surface area contributed by atoms with Gasteiger partial charge in [0.15, 0.2) is 0 Å². The van der Waals surface area contributed by atoms with E-state index in [1.165, 1.54) is 38.5 Å². The summed E-state index contributed by atoms with van der Waals surface area (Å²) >= 11 is 0. The van der Waals surface area contributed by atoms with Gasteiger partial charge >= 0.3 is 0 Å². The second-order valence-corrected chi connectivity index (χ2v) is 8.18. The second kappa shape index (κ2) is 3.97. The number of rotatable bonds is 3. The Kier molecular flexibility index (Phi) is 2.55. The Hall–Kier alpha value is -0.570. The summed E-state index contributed by atoms with van der Waals surface area (Å²) in [4.78, 5) is 12.7. The van der Waals surface area contributed by atoms with Gasteiger partial charge in [-0.05, 0) is 56.3 Å². The predicted molar refractivity (Wildman–Crippen MR) is 72.5 cm³/mol. The molecule has 1 N–H and O–H groups in total. The third-order valence-electron chi connectivity index (χ3n) is 6.10. The molecule has 4 bridgehead atoms. The minimum atomic E-state index is 0.00964. The first-order chi connectivity index (χ1) is 9.07. The van der Waals surface area contributed by atoms with Crippen molar-refractivity contribution in [2.24, 2.45) is 28.6 Å². The number of ether oxygens (including phenoxy) is 1. The highest BCUT2D eigenvalue weighted by atomic mass is 16.5. The molecule has 19 heavy (non-hydrogen) atoms. The zero-order valence-electron chi connectivity index (χ0n) is 11.9. The van der Waals surface area contributed by atoms with Crippen molar-refractivity contribution in [2.75, 3.05) is 19.8 Å². The van der Waals surface area contributed by atoms with E-state index >= 15 is 0 Å². The van der Waals surface area contributed by atoms with Gasteiger partial charge in [0.05, 0.1) is 13.2 Å². The number of nitrogens with one attached hydrogen (secondary N) is 1. The molecule has 0 aromatic carbocycles. The zero-order chi connectivity index (χ0) is 13.1. The molecular weight excluding hydrogens is 238 g/mol. The van der Waals surface area contributed by atoms with E-state index in [2.05, 4.69) is 12.2 Å². The molecule has 0 spiro atoms. The minimum Gasteiger partial charge on any atom is -0.380 e. The average Bonchev–Trinajstić information content (AvgIpc) is 2.32. The highest BCUT2D eigenvalue weighted by molar-refractivity contribution is 5.83. The molecule has 3 nitrogen and oxygen atoms in total. The molecule has 4 aliphatic carbocycles. The first kappa shape index (κ1) is 12.2. The lowest BCUT2D eigenvalue weighted by molar-refractivity contribution is -0.149. The van der Waals surface area contributed by atoms with Crippen LogP contribution in [0.2, 0.25) is 0 Å². The van der Waals surface area contributed by atoms with E-state index in [-0.39, 0.29) is 10.8 Å². The lowest BCUT2D eigenvalue weighted by atomic mass is 9.49. The van der Waals surface area contributed by atoms with E-state index in [1.807, 2.05) is 0 Å². The maximum Gasteiger partial charge on any atom is 0.226 e. The third-order valence-corrected chi connectivity index (χ3v) is 6.10. The second-order valence-electron chi connectivity index (χ2n) is 8.18. The number of hydrogen-bond donors (Lipinski definition) is 1. The molecule has 5 aliphatic rings. The van der Waals surface area contributed by atoms with Crippen LogP contribution in [0.4, 0.5) is 0 Å². The van der Waals surface area contributed by atoms with Gasteiger partial charge in [0.2, 0.25) is 5.91 Å². The molecule has 1 saturated heterocycles. The van der Waals surface area contributed by atoms with E-state index < -0.39 is 0 Å². The van der Waals surface area contributed by atoms with Crippen LogP contribution in [0.1, 0.15) is 45.4 Å². The molecule has 0 radical (unpaired) electrons. The molecule has 0 aromatic rings. The van der Waals surface area contributed by atoms with Crippen LogP contribution in [-0.4, -0.2) is 25.7 Å². The molecule has 3 heteroatoms. The van der Waals surface area contributed by atoms with Gasteiger partial charge in [-0.15, -0.1) is 0 Å². The summed E-state index contributed by atoms with van der Waals surface area (Å²) in [6, 6.07) is 0. The Bertz CT molecular complexity index is 364. The van der Waals surface area contributed by atoms with E-state index in [9.17, 15) is 4.79 Å². The van der Waals surface area contributed by atoms with Crippen LogP contribution in [0.15, 0.2) is 0 Å². The van der Waals surface area contributed by atoms with E-state index in [1.54, 1.807) is 0 Å². The molecule has 1 heterocycles. The average molecular weight is 263 g/mol. The van der Waals surface area contributed by atoms with Gasteiger partial charge in [-0.25, -0.2) is 0 Å². The Morgan fingerprint density at radius 3 is 2.05 bits per heavy atom. The van der Waals surface area contributed by atoms with Gasteiger partial charge in [-0.1, -0.05) is 6.92 Å². The highest BCUT2D eigenvalue weighted by Crippen LogP contribution is 2.60. The van der Waals surface area contributed by atoms with Crippen LogP contribution in [0.25, 0.3) is 0 Å². The first-order valence-corrected chi connectivity index (χ1v) is 7.93. The molecule has 5 rings (SSSR count). The van der Waals surface area contributed by atoms with Crippen molar-refractivity contribution in [3.63, 3.8) is 0 Å². The summed E-state index contributed by atoms with van der Waals surface area (Å²) in [7, 11) is 0. The van der Waals surface area contributed by atoms with Gasteiger partial charge in [-0.2, -0.15) is 0 Å². The third kappa shape index (κ3) is 1.93. The van der Waals surface area contributed by atoms with E-state index in [4.69, 9.17) is 4.74 Å². The Labute approximate surface area is 115 Å². The summed E-state index contributed by atoms with van der Waals surface area (Å²) in [6.07, 6.45) is 7.70. The molecule has 106 valence electrons. The van der Waals surface area contributed by atoms with Gasteiger partial charge in [0, 0.05) is 17.4 Å². The Balaban J connectivity index is 1.44. The van der Waals surface area contributed by atoms with Crippen molar-refractivity contribution in [1.29, 1.82) is 0 Å². The highest BCUT2D eigenvalue weighted by Gasteiger charge is 2.54. The summed E-state index contributed by atoms with van der Waals surface area (Å²) in [5.41, 5.74) is 0.202. The van der Waals surface area contributed by atoms with Crippen LogP contribution in [0, 0.1) is 28.6 Å². The fourth-order valence-electron chi connectivity index (χ4n) is 5.42.